The lowest BCUT2D eigenvalue weighted by molar-refractivity contribution is 0.278. The lowest BCUT2D eigenvalue weighted by atomic mass is 10.1. The molecule has 0 bridgehead atoms. The molecule has 1 N–H and O–H groups in total. The summed E-state index contributed by atoms with van der Waals surface area (Å²) in [5, 5.41) is 8.07. The average Bonchev–Trinajstić information content (AvgIpc) is 2.50. The van der Waals surface area contributed by atoms with Gasteiger partial charge in [0.25, 0.3) is 0 Å². The monoisotopic (exact) mass is 256 g/mol. The molecule has 0 fully saturated rings. The minimum Gasteiger partial charge on any atom is -0.430 e. The molecule has 0 aliphatic heterocycles. The van der Waals surface area contributed by atoms with Crippen molar-refractivity contribution in [1.82, 2.24) is 0 Å². The number of rotatable bonds is 5. The van der Waals surface area contributed by atoms with Gasteiger partial charge in [0, 0.05) is 6.61 Å². The van der Waals surface area contributed by atoms with Gasteiger partial charge in [0.2, 0.25) is 0 Å². The second kappa shape index (κ2) is 10.4. The highest BCUT2D eigenvalue weighted by molar-refractivity contribution is 6.15. The summed E-state index contributed by atoms with van der Waals surface area (Å²) < 4.78 is 4.63. The fraction of sp³-hybridized carbons (Fsp3) is 0.250. The van der Waals surface area contributed by atoms with E-state index in [9.17, 15) is 0 Å². The van der Waals surface area contributed by atoms with Crippen LogP contribution in [0, 0.1) is 0 Å². The highest BCUT2D eigenvalue weighted by atomic mass is 16.5. The summed E-state index contributed by atoms with van der Waals surface area (Å²) in [4.78, 5) is 0. The Labute approximate surface area is 116 Å². The minimum atomic E-state index is -0.139. The molecule has 0 amide bonds. The van der Waals surface area contributed by atoms with Gasteiger partial charge in [-0.05, 0) is 17.5 Å². The lowest BCUT2D eigenvalue weighted by Gasteiger charge is -1.98. The van der Waals surface area contributed by atoms with Gasteiger partial charge in [-0.25, -0.2) is 0 Å². The van der Waals surface area contributed by atoms with Crippen LogP contribution in [0.1, 0.15) is 19.8 Å². The predicted molar refractivity (Wildman–Crippen MR) is 82.1 cm³/mol. The molecule has 0 atom stereocenters. The molecular weight excluding hydrogens is 235 g/mol. The molecule has 0 aromatic heterocycles. The van der Waals surface area contributed by atoms with Gasteiger partial charge in [0.05, 0.1) is 0 Å². The van der Waals surface area contributed by atoms with Crippen molar-refractivity contribution < 1.29 is 9.68 Å². The largest absolute Gasteiger partial charge is 0.435 e. The third-order valence-corrected chi connectivity index (χ3v) is 2.61. The van der Waals surface area contributed by atoms with E-state index in [1.165, 1.54) is 11.1 Å². The first kappa shape index (κ1) is 15.5. The maximum atomic E-state index is 8.07. The Kier molecular flexibility index (Phi) is 8.44. The summed E-state index contributed by atoms with van der Waals surface area (Å²) in [6.07, 6.45) is 2.17. The third kappa shape index (κ3) is 6.80. The third-order valence-electron chi connectivity index (χ3n) is 2.61. The summed E-state index contributed by atoms with van der Waals surface area (Å²) in [5.74, 6) is 0. The summed E-state index contributed by atoms with van der Waals surface area (Å²) in [5.41, 5.74) is 2.55. The topological polar surface area (TPSA) is 29.5 Å². The van der Waals surface area contributed by atoms with Crippen LogP contribution in [0.4, 0.5) is 0 Å². The molecular formula is C16H21BO2. The molecule has 0 radical (unpaired) electrons. The Morgan fingerprint density at radius 3 is 1.74 bits per heavy atom. The molecule has 2 rings (SSSR count). The van der Waals surface area contributed by atoms with Crippen LogP contribution in [-0.2, 0) is 4.65 Å². The van der Waals surface area contributed by atoms with Crippen LogP contribution < -0.4 is 0 Å². The number of hydrogen-bond donors (Lipinski definition) is 1. The second-order valence-electron chi connectivity index (χ2n) is 4.12. The van der Waals surface area contributed by atoms with E-state index < -0.39 is 0 Å². The number of hydrogen-bond acceptors (Lipinski definition) is 2. The fourth-order valence-electron chi connectivity index (χ4n) is 1.57. The van der Waals surface area contributed by atoms with Gasteiger partial charge in [0.1, 0.15) is 0 Å². The van der Waals surface area contributed by atoms with E-state index in [2.05, 4.69) is 60.1 Å². The molecule has 0 aliphatic carbocycles. The van der Waals surface area contributed by atoms with Crippen LogP contribution in [0.15, 0.2) is 60.7 Å². The van der Waals surface area contributed by atoms with E-state index >= 15 is 0 Å². The van der Waals surface area contributed by atoms with Gasteiger partial charge in [-0.15, -0.1) is 0 Å². The smallest absolute Gasteiger partial charge is 0.430 e. The van der Waals surface area contributed by atoms with Crippen molar-refractivity contribution in [3.63, 3.8) is 0 Å². The van der Waals surface area contributed by atoms with Gasteiger partial charge in [0.15, 0.2) is 0 Å². The zero-order valence-electron chi connectivity index (χ0n) is 11.5. The lowest BCUT2D eigenvalue weighted by Crippen LogP contribution is -1.97. The standard InChI is InChI=1S/C12H10.C4H11BO2/c1-3-7-11(8-4-1)12-9-5-2-6-10-12;1-2-3-4-7-5-6/h1-10H;5-6H,2-4H2,1H3. The quantitative estimate of drug-likeness (QED) is 0.656. The van der Waals surface area contributed by atoms with Crippen molar-refractivity contribution in [2.75, 3.05) is 6.61 Å². The molecule has 0 saturated carbocycles. The van der Waals surface area contributed by atoms with E-state index in [1.54, 1.807) is 0 Å². The van der Waals surface area contributed by atoms with E-state index in [1.807, 2.05) is 12.1 Å². The Bertz CT molecular complexity index is 376. The molecule has 100 valence electrons. The number of benzene rings is 2. The highest BCUT2D eigenvalue weighted by Gasteiger charge is 1.91. The molecule has 0 heterocycles. The molecule has 0 spiro atoms. The predicted octanol–water partition coefficient (Wildman–Crippen LogP) is 3.42. The Morgan fingerprint density at radius 2 is 1.37 bits per heavy atom. The van der Waals surface area contributed by atoms with E-state index in [4.69, 9.17) is 5.02 Å². The molecule has 2 aromatic rings. The maximum absolute atomic E-state index is 8.07. The maximum Gasteiger partial charge on any atom is 0.435 e. The zero-order valence-corrected chi connectivity index (χ0v) is 11.5. The highest BCUT2D eigenvalue weighted by Crippen LogP contribution is 2.17. The summed E-state index contributed by atoms with van der Waals surface area (Å²) in [7, 11) is -0.139. The van der Waals surface area contributed by atoms with E-state index in [0.29, 0.717) is 6.61 Å². The second-order valence-corrected chi connectivity index (χ2v) is 4.12. The van der Waals surface area contributed by atoms with Crippen molar-refractivity contribution in [3.8, 4) is 11.1 Å². The first-order chi connectivity index (χ1) is 9.38. The Balaban J connectivity index is 0.000000224. The average molecular weight is 256 g/mol. The van der Waals surface area contributed by atoms with Crippen LogP contribution >= 0.6 is 0 Å². The fourth-order valence-corrected chi connectivity index (χ4v) is 1.57. The molecule has 2 nitrogen and oxygen atoms in total. The summed E-state index contributed by atoms with van der Waals surface area (Å²) in [6, 6.07) is 20.8. The molecule has 0 unspecified atom stereocenters. The van der Waals surface area contributed by atoms with Crippen LogP contribution in [0.5, 0.6) is 0 Å². The van der Waals surface area contributed by atoms with Crippen LogP contribution in [-0.4, -0.2) is 19.3 Å². The summed E-state index contributed by atoms with van der Waals surface area (Å²) >= 11 is 0. The summed E-state index contributed by atoms with van der Waals surface area (Å²) in [6.45, 7) is 2.77. The Hall–Kier alpha value is -1.58. The normalized spacial score (nSPS) is 9.37. The molecule has 3 heteroatoms. The van der Waals surface area contributed by atoms with Crippen LogP contribution in [0.2, 0.25) is 0 Å². The SMILES string of the molecule is CCCCOBO.c1ccc(-c2ccccc2)cc1. The zero-order chi connectivity index (χ0) is 13.8. The van der Waals surface area contributed by atoms with E-state index in [-0.39, 0.29) is 7.69 Å². The minimum absolute atomic E-state index is 0.139. The van der Waals surface area contributed by atoms with Gasteiger partial charge in [-0.1, -0.05) is 74.0 Å². The van der Waals surface area contributed by atoms with Crippen LogP contribution in [0.25, 0.3) is 11.1 Å². The van der Waals surface area contributed by atoms with Gasteiger partial charge in [-0.3, -0.25) is 0 Å². The first-order valence-electron chi connectivity index (χ1n) is 6.67. The van der Waals surface area contributed by atoms with Gasteiger partial charge < -0.3 is 9.68 Å². The van der Waals surface area contributed by atoms with Gasteiger partial charge >= 0.3 is 7.69 Å². The van der Waals surface area contributed by atoms with Crippen molar-refractivity contribution in [2.24, 2.45) is 0 Å². The molecule has 0 aliphatic rings. The van der Waals surface area contributed by atoms with Crippen molar-refractivity contribution in [3.05, 3.63) is 60.7 Å². The van der Waals surface area contributed by atoms with Crippen molar-refractivity contribution in [1.29, 1.82) is 0 Å². The van der Waals surface area contributed by atoms with Crippen molar-refractivity contribution in [2.45, 2.75) is 19.8 Å². The number of unbranched alkanes of at least 4 members (excludes halogenated alkanes) is 1. The molecule has 2 aromatic carbocycles. The van der Waals surface area contributed by atoms with Gasteiger partial charge in [-0.2, -0.15) is 0 Å². The van der Waals surface area contributed by atoms with E-state index in [0.717, 1.165) is 12.8 Å². The Morgan fingerprint density at radius 1 is 0.895 bits per heavy atom. The first-order valence-corrected chi connectivity index (χ1v) is 6.67. The van der Waals surface area contributed by atoms with Crippen LogP contribution in [0.3, 0.4) is 0 Å². The molecule has 19 heavy (non-hydrogen) atoms. The van der Waals surface area contributed by atoms with Crippen molar-refractivity contribution >= 4 is 7.69 Å². The molecule has 0 saturated heterocycles.